The minimum Gasteiger partial charge on any atom is -0.258 e. The van der Waals surface area contributed by atoms with E-state index in [1.807, 2.05) is 0 Å². The fourth-order valence-electron chi connectivity index (χ4n) is 0.752. The van der Waals surface area contributed by atoms with Gasteiger partial charge in [-0.25, -0.2) is 4.39 Å². The fraction of sp³-hybridized carbons (Fsp3) is 0.286. The van der Waals surface area contributed by atoms with Gasteiger partial charge in [0.25, 0.3) is 0 Å². The van der Waals surface area contributed by atoms with Crippen molar-refractivity contribution in [1.29, 1.82) is 0 Å². The fourth-order valence-corrected chi connectivity index (χ4v) is 1.56. The van der Waals surface area contributed by atoms with Crippen LogP contribution in [0.2, 0.25) is 0 Å². The normalized spacial score (nSPS) is 11.8. The smallest absolute Gasteiger partial charge is 0.258 e. The Morgan fingerprint density at radius 1 is 1.38 bits per heavy atom. The summed E-state index contributed by atoms with van der Waals surface area (Å²) in [4.78, 5) is 3.32. The van der Waals surface area contributed by atoms with Crippen molar-refractivity contribution in [3.63, 3.8) is 0 Å². The van der Waals surface area contributed by atoms with Crippen LogP contribution in [0.5, 0.6) is 0 Å². The Kier molecular flexibility index (Phi) is 3.09. The lowest BCUT2D eigenvalue weighted by Gasteiger charge is -2.08. The van der Waals surface area contributed by atoms with Gasteiger partial charge in [-0.2, -0.15) is 13.2 Å². The highest BCUT2D eigenvalue weighted by atomic mass is 127. The summed E-state index contributed by atoms with van der Waals surface area (Å²) in [6.07, 6.45) is -3.77. The molecule has 0 saturated carbocycles. The third kappa shape index (κ3) is 2.52. The molecular weight excluding hydrogens is 301 g/mol. The van der Waals surface area contributed by atoms with Gasteiger partial charge in [0.15, 0.2) is 0 Å². The van der Waals surface area contributed by atoms with Crippen LogP contribution >= 0.6 is 22.6 Å². The molecule has 0 fully saturated rings. The molecule has 6 heteroatoms. The van der Waals surface area contributed by atoms with E-state index < -0.39 is 18.4 Å². The summed E-state index contributed by atoms with van der Waals surface area (Å²) in [7, 11) is 0. The molecular formula is C7H4F4IN. The van der Waals surface area contributed by atoms with E-state index in [-0.39, 0.29) is 9.26 Å². The van der Waals surface area contributed by atoms with Crippen molar-refractivity contribution in [3.05, 3.63) is 27.1 Å². The minimum absolute atomic E-state index is 0.0115. The van der Waals surface area contributed by atoms with E-state index in [0.29, 0.717) is 6.20 Å². The molecule has 1 aromatic heterocycles. The van der Waals surface area contributed by atoms with E-state index in [9.17, 15) is 17.6 Å². The van der Waals surface area contributed by atoms with Crippen LogP contribution < -0.4 is 0 Å². The summed E-state index contributed by atoms with van der Waals surface area (Å²) in [6, 6.07) is 1.09. The highest BCUT2D eigenvalue weighted by molar-refractivity contribution is 14.1. The SMILES string of the molecule is FCc1cc(I)c(C(F)(F)F)cn1. The second-order valence-corrected chi connectivity index (χ2v) is 3.45. The number of pyridine rings is 1. The molecule has 0 bridgehead atoms. The molecule has 1 rings (SSSR count). The molecule has 0 saturated heterocycles. The molecule has 0 unspecified atom stereocenters. The zero-order valence-electron chi connectivity index (χ0n) is 6.20. The van der Waals surface area contributed by atoms with Gasteiger partial charge in [-0.05, 0) is 28.7 Å². The van der Waals surface area contributed by atoms with Gasteiger partial charge in [0.05, 0.1) is 11.3 Å². The molecule has 1 nitrogen and oxygen atoms in total. The average molecular weight is 305 g/mol. The van der Waals surface area contributed by atoms with Gasteiger partial charge < -0.3 is 0 Å². The largest absolute Gasteiger partial charge is 0.418 e. The molecule has 0 spiro atoms. The van der Waals surface area contributed by atoms with Crippen molar-refractivity contribution < 1.29 is 17.6 Å². The third-order valence-electron chi connectivity index (χ3n) is 1.35. The van der Waals surface area contributed by atoms with Crippen LogP contribution in [0.15, 0.2) is 12.3 Å². The predicted octanol–water partition coefficient (Wildman–Crippen LogP) is 3.17. The molecule has 0 amide bonds. The number of alkyl halides is 4. The first-order chi connectivity index (χ1) is 5.95. The zero-order chi connectivity index (χ0) is 10.1. The maximum Gasteiger partial charge on any atom is 0.418 e. The average Bonchev–Trinajstić information content (AvgIpc) is 2.01. The van der Waals surface area contributed by atoms with Gasteiger partial charge in [-0.15, -0.1) is 0 Å². The van der Waals surface area contributed by atoms with Gasteiger partial charge in [0, 0.05) is 9.77 Å². The Morgan fingerprint density at radius 3 is 2.38 bits per heavy atom. The number of hydrogen-bond acceptors (Lipinski definition) is 1. The Hall–Kier alpha value is -0.400. The highest BCUT2D eigenvalue weighted by Gasteiger charge is 2.33. The van der Waals surface area contributed by atoms with Crippen LogP contribution in [0, 0.1) is 3.57 Å². The summed E-state index contributed by atoms with van der Waals surface area (Å²) in [5.74, 6) is 0. The van der Waals surface area contributed by atoms with E-state index in [1.165, 1.54) is 22.6 Å². The number of nitrogens with zero attached hydrogens (tertiary/aromatic N) is 1. The molecule has 0 aliphatic carbocycles. The Labute approximate surface area is 85.3 Å². The Morgan fingerprint density at radius 2 is 2.00 bits per heavy atom. The second-order valence-electron chi connectivity index (χ2n) is 2.29. The van der Waals surface area contributed by atoms with Crippen molar-refractivity contribution in [2.75, 3.05) is 0 Å². The quantitative estimate of drug-likeness (QED) is 0.574. The van der Waals surface area contributed by atoms with Gasteiger partial charge in [0.1, 0.15) is 6.67 Å². The van der Waals surface area contributed by atoms with Gasteiger partial charge in [-0.1, -0.05) is 0 Å². The van der Waals surface area contributed by atoms with Crippen LogP contribution in [0.4, 0.5) is 17.6 Å². The maximum atomic E-state index is 12.1. The van der Waals surface area contributed by atoms with Crippen LogP contribution in [0.3, 0.4) is 0 Å². The molecule has 13 heavy (non-hydrogen) atoms. The first kappa shape index (κ1) is 10.7. The van der Waals surface area contributed by atoms with E-state index in [1.54, 1.807) is 0 Å². The molecule has 0 aliphatic rings. The Balaban J connectivity index is 3.13. The number of rotatable bonds is 1. The molecule has 0 aromatic carbocycles. The molecule has 0 atom stereocenters. The lowest BCUT2D eigenvalue weighted by molar-refractivity contribution is -0.138. The van der Waals surface area contributed by atoms with Crippen molar-refractivity contribution in [2.45, 2.75) is 12.9 Å². The zero-order valence-corrected chi connectivity index (χ0v) is 8.36. The van der Waals surface area contributed by atoms with Crippen molar-refractivity contribution in [2.24, 2.45) is 0 Å². The van der Waals surface area contributed by atoms with Gasteiger partial charge in [-0.3, -0.25) is 4.98 Å². The van der Waals surface area contributed by atoms with Crippen molar-refractivity contribution >= 4 is 22.6 Å². The number of aromatic nitrogens is 1. The summed E-state index contributed by atoms with van der Waals surface area (Å²) in [6.45, 7) is -0.853. The van der Waals surface area contributed by atoms with Crippen LogP contribution in [-0.4, -0.2) is 4.98 Å². The Bertz CT molecular complexity index is 310. The first-order valence-corrected chi connectivity index (χ1v) is 4.30. The van der Waals surface area contributed by atoms with Crippen LogP contribution in [0.25, 0.3) is 0 Å². The lowest BCUT2D eigenvalue weighted by atomic mass is 10.2. The number of halogens is 5. The molecule has 0 radical (unpaired) electrons. The lowest BCUT2D eigenvalue weighted by Crippen LogP contribution is -2.08. The summed E-state index contributed by atoms with van der Waals surface area (Å²) in [5, 5.41) is 0. The molecule has 1 aromatic rings. The standard InChI is InChI=1S/C7H4F4IN/c8-2-4-1-6(12)5(3-13-4)7(9,10)11/h1,3H,2H2. The minimum atomic E-state index is -4.42. The van der Waals surface area contributed by atoms with Crippen LogP contribution in [0.1, 0.15) is 11.3 Å². The third-order valence-corrected chi connectivity index (χ3v) is 2.24. The number of hydrogen-bond donors (Lipinski definition) is 0. The maximum absolute atomic E-state index is 12.1. The van der Waals surface area contributed by atoms with Crippen molar-refractivity contribution in [1.82, 2.24) is 4.98 Å². The van der Waals surface area contributed by atoms with Crippen molar-refractivity contribution in [3.8, 4) is 0 Å². The topological polar surface area (TPSA) is 12.9 Å². The van der Waals surface area contributed by atoms with E-state index >= 15 is 0 Å². The van der Waals surface area contributed by atoms with Gasteiger partial charge >= 0.3 is 6.18 Å². The summed E-state index contributed by atoms with van der Waals surface area (Å²) >= 11 is 1.51. The second kappa shape index (κ2) is 3.77. The molecule has 72 valence electrons. The van der Waals surface area contributed by atoms with E-state index in [0.717, 1.165) is 6.07 Å². The summed E-state index contributed by atoms with van der Waals surface area (Å²) in [5.41, 5.74) is -0.817. The highest BCUT2D eigenvalue weighted by Crippen LogP contribution is 2.32. The van der Waals surface area contributed by atoms with E-state index in [4.69, 9.17) is 0 Å². The molecule has 0 aliphatic heterocycles. The predicted molar refractivity (Wildman–Crippen MR) is 46.8 cm³/mol. The summed E-state index contributed by atoms with van der Waals surface area (Å²) < 4.78 is 48.4. The van der Waals surface area contributed by atoms with E-state index in [2.05, 4.69) is 4.98 Å². The molecule has 1 heterocycles. The first-order valence-electron chi connectivity index (χ1n) is 3.22. The van der Waals surface area contributed by atoms with Gasteiger partial charge in [0.2, 0.25) is 0 Å². The monoisotopic (exact) mass is 305 g/mol. The van der Waals surface area contributed by atoms with Crippen LogP contribution in [-0.2, 0) is 12.9 Å². The molecule has 0 N–H and O–H groups in total.